The lowest BCUT2D eigenvalue weighted by molar-refractivity contribution is 0.102. The first-order valence-electron chi connectivity index (χ1n) is 7.59. The molecule has 100 valence electrons. The Morgan fingerprint density at radius 3 is 2.53 bits per heavy atom. The van der Waals surface area contributed by atoms with Crippen LogP contribution in [0.2, 0.25) is 0 Å². The fourth-order valence-corrected chi connectivity index (χ4v) is 3.62. The molecule has 2 rings (SSSR count). The lowest BCUT2D eigenvalue weighted by Gasteiger charge is -2.32. The van der Waals surface area contributed by atoms with E-state index in [1.165, 1.54) is 51.5 Å². The first-order valence-corrected chi connectivity index (χ1v) is 7.59. The number of ether oxygens (including phenoxy) is 1. The van der Waals surface area contributed by atoms with Gasteiger partial charge in [0.05, 0.1) is 6.10 Å². The molecule has 1 aliphatic carbocycles. The molecule has 2 aliphatic rings. The maximum absolute atomic E-state index is 5.65. The number of rotatable bonds is 5. The third-order valence-electron chi connectivity index (χ3n) is 4.34. The van der Waals surface area contributed by atoms with E-state index in [0.29, 0.717) is 6.10 Å². The molecule has 3 unspecified atom stereocenters. The summed E-state index contributed by atoms with van der Waals surface area (Å²) < 4.78 is 5.65. The highest BCUT2D eigenvalue weighted by atomic mass is 16.5. The van der Waals surface area contributed by atoms with Crippen molar-refractivity contribution in [2.24, 2.45) is 11.8 Å². The van der Waals surface area contributed by atoms with Gasteiger partial charge in [-0.15, -0.1) is 0 Å². The average Bonchev–Trinajstić information content (AvgIpc) is 2.76. The summed E-state index contributed by atoms with van der Waals surface area (Å²) >= 11 is 0. The predicted molar refractivity (Wildman–Crippen MR) is 72.2 cm³/mol. The normalized spacial score (nSPS) is 38.5. The van der Waals surface area contributed by atoms with E-state index in [-0.39, 0.29) is 0 Å². The van der Waals surface area contributed by atoms with Crippen molar-refractivity contribution in [2.45, 2.75) is 70.9 Å². The summed E-state index contributed by atoms with van der Waals surface area (Å²) in [5, 5.41) is 3.75. The lowest BCUT2D eigenvalue weighted by atomic mass is 9.80. The van der Waals surface area contributed by atoms with Crippen LogP contribution in [0.25, 0.3) is 0 Å². The van der Waals surface area contributed by atoms with E-state index in [4.69, 9.17) is 4.74 Å². The maximum Gasteiger partial charge on any atom is 0.0576 e. The average molecular weight is 239 g/mol. The first-order chi connectivity index (χ1) is 8.24. The second kappa shape index (κ2) is 6.75. The topological polar surface area (TPSA) is 21.3 Å². The minimum atomic E-state index is 0.570. The minimum Gasteiger partial charge on any atom is -0.378 e. The molecular formula is C15H29NO. The molecule has 3 atom stereocenters. The van der Waals surface area contributed by atoms with Gasteiger partial charge in [-0.25, -0.2) is 0 Å². The minimum absolute atomic E-state index is 0.570. The molecular weight excluding hydrogens is 210 g/mol. The Labute approximate surface area is 107 Å². The van der Waals surface area contributed by atoms with Gasteiger partial charge in [-0.05, 0) is 63.3 Å². The van der Waals surface area contributed by atoms with Crippen LogP contribution in [-0.2, 0) is 4.74 Å². The summed E-state index contributed by atoms with van der Waals surface area (Å²) in [5.74, 6) is 1.82. The van der Waals surface area contributed by atoms with Crippen molar-refractivity contribution in [3.63, 3.8) is 0 Å². The van der Waals surface area contributed by atoms with Gasteiger partial charge in [0.2, 0.25) is 0 Å². The molecule has 1 saturated heterocycles. The van der Waals surface area contributed by atoms with Gasteiger partial charge in [0.15, 0.2) is 0 Å². The van der Waals surface area contributed by atoms with Crippen molar-refractivity contribution in [3.8, 4) is 0 Å². The van der Waals surface area contributed by atoms with E-state index in [0.717, 1.165) is 24.5 Å². The number of hydrogen-bond acceptors (Lipinski definition) is 2. The standard InChI is InChI=1S/C15H29NO/c1-12-9-13(2)11-14(10-12)16-7-3-5-15-6-4-8-17-15/h12-16H,3-11H2,1-2H3. The number of hydrogen-bond donors (Lipinski definition) is 1. The third-order valence-corrected chi connectivity index (χ3v) is 4.34. The summed E-state index contributed by atoms with van der Waals surface area (Å²) in [4.78, 5) is 0. The Kier molecular flexibility index (Phi) is 5.30. The first kappa shape index (κ1) is 13.4. The van der Waals surface area contributed by atoms with Crippen LogP contribution in [0.3, 0.4) is 0 Å². The molecule has 1 heterocycles. The quantitative estimate of drug-likeness (QED) is 0.743. The van der Waals surface area contributed by atoms with Crippen LogP contribution in [0.1, 0.15) is 58.8 Å². The molecule has 1 N–H and O–H groups in total. The molecule has 0 spiro atoms. The molecule has 0 amide bonds. The Morgan fingerprint density at radius 1 is 1.12 bits per heavy atom. The van der Waals surface area contributed by atoms with Crippen LogP contribution in [0.4, 0.5) is 0 Å². The summed E-state index contributed by atoms with van der Waals surface area (Å²) in [6.45, 7) is 6.98. The Morgan fingerprint density at radius 2 is 1.88 bits per heavy atom. The van der Waals surface area contributed by atoms with E-state index < -0.39 is 0 Å². The van der Waals surface area contributed by atoms with Crippen molar-refractivity contribution >= 4 is 0 Å². The van der Waals surface area contributed by atoms with E-state index in [9.17, 15) is 0 Å². The molecule has 2 heteroatoms. The second-order valence-electron chi connectivity index (χ2n) is 6.35. The van der Waals surface area contributed by atoms with Gasteiger partial charge in [-0.3, -0.25) is 0 Å². The van der Waals surface area contributed by atoms with E-state index in [1.54, 1.807) is 0 Å². The van der Waals surface area contributed by atoms with Crippen molar-refractivity contribution < 1.29 is 4.74 Å². The van der Waals surface area contributed by atoms with Crippen molar-refractivity contribution in [2.75, 3.05) is 13.2 Å². The largest absolute Gasteiger partial charge is 0.378 e. The lowest BCUT2D eigenvalue weighted by Crippen LogP contribution is -2.37. The van der Waals surface area contributed by atoms with Crippen LogP contribution in [0.15, 0.2) is 0 Å². The molecule has 0 aromatic carbocycles. The van der Waals surface area contributed by atoms with Gasteiger partial charge < -0.3 is 10.1 Å². The molecule has 2 nitrogen and oxygen atoms in total. The monoisotopic (exact) mass is 239 g/mol. The van der Waals surface area contributed by atoms with Crippen LogP contribution < -0.4 is 5.32 Å². The maximum atomic E-state index is 5.65. The molecule has 2 fully saturated rings. The highest BCUT2D eigenvalue weighted by molar-refractivity contribution is 4.79. The van der Waals surface area contributed by atoms with E-state index in [2.05, 4.69) is 19.2 Å². The summed E-state index contributed by atoms with van der Waals surface area (Å²) in [6, 6.07) is 0.776. The molecule has 17 heavy (non-hydrogen) atoms. The van der Waals surface area contributed by atoms with Crippen LogP contribution >= 0.6 is 0 Å². The van der Waals surface area contributed by atoms with Gasteiger partial charge in [-0.1, -0.05) is 13.8 Å². The molecule has 1 saturated carbocycles. The molecule has 0 aromatic heterocycles. The van der Waals surface area contributed by atoms with Gasteiger partial charge in [-0.2, -0.15) is 0 Å². The second-order valence-corrected chi connectivity index (χ2v) is 6.35. The fraction of sp³-hybridized carbons (Fsp3) is 1.00. The molecule has 0 radical (unpaired) electrons. The van der Waals surface area contributed by atoms with E-state index >= 15 is 0 Å². The Hall–Kier alpha value is -0.0800. The SMILES string of the molecule is CC1CC(C)CC(NCCCC2CCCO2)C1. The molecule has 1 aliphatic heterocycles. The number of nitrogens with one attached hydrogen (secondary N) is 1. The van der Waals surface area contributed by atoms with Crippen LogP contribution in [0.5, 0.6) is 0 Å². The van der Waals surface area contributed by atoms with Gasteiger partial charge in [0.1, 0.15) is 0 Å². The summed E-state index contributed by atoms with van der Waals surface area (Å²) in [7, 11) is 0. The van der Waals surface area contributed by atoms with Crippen molar-refractivity contribution in [1.29, 1.82) is 0 Å². The fourth-order valence-electron chi connectivity index (χ4n) is 3.62. The van der Waals surface area contributed by atoms with Crippen LogP contribution in [-0.4, -0.2) is 25.3 Å². The van der Waals surface area contributed by atoms with Gasteiger partial charge >= 0.3 is 0 Å². The Balaban J connectivity index is 1.54. The van der Waals surface area contributed by atoms with E-state index in [1.807, 2.05) is 0 Å². The zero-order chi connectivity index (χ0) is 12.1. The third kappa shape index (κ3) is 4.59. The summed E-state index contributed by atoms with van der Waals surface area (Å²) in [6.07, 6.45) is 9.85. The van der Waals surface area contributed by atoms with Crippen LogP contribution in [0, 0.1) is 11.8 Å². The van der Waals surface area contributed by atoms with Gasteiger partial charge in [0, 0.05) is 12.6 Å². The van der Waals surface area contributed by atoms with Gasteiger partial charge in [0.25, 0.3) is 0 Å². The zero-order valence-electron chi connectivity index (χ0n) is 11.6. The Bertz CT molecular complexity index is 203. The summed E-state index contributed by atoms with van der Waals surface area (Å²) in [5.41, 5.74) is 0. The van der Waals surface area contributed by atoms with Crippen molar-refractivity contribution in [3.05, 3.63) is 0 Å². The highest BCUT2D eigenvalue weighted by Crippen LogP contribution is 2.28. The molecule has 0 aromatic rings. The van der Waals surface area contributed by atoms with Crippen molar-refractivity contribution in [1.82, 2.24) is 5.32 Å². The zero-order valence-corrected chi connectivity index (χ0v) is 11.6. The predicted octanol–water partition coefficient (Wildman–Crippen LogP) is 3.36. The smallest absolute Gasteiger partial charge is 0.0576 e. The highest BCUT2D eigenvalue weighted by Gasteiger charge is 2.23. The molecule has 0 bridgehead atoms.